The number of rotatable bonds is 7. The monoisotopic (exact) mass is 468 g/mol. The molecule has 5 aromatic rings. The maximum absolute atomic E-state index is 6.33. The summed E-state index contributed by atoms with van der Waals surface area (Å²) < 4.78 is 7.97. The summed E-state index contributed by atoms with van der Waals surface area (Å²) in [5, 5.41) is 0.678. The van der Waals surface area contributed by atoms with Crippen LogP contribution in [-0.2, 0) is 0 Å². The molecule has 3 heterocycles. The minimum absolute atomic E-state index is 0.645. The third-order valence-electron chi connectivity index (χ3n) is 5.63. The fourth-order valence-electron chi connectivity index (χ4n) is 3.97. The number of benzene rings is 2. The summed E-state index contributed by atoms with van der Waals surface area (Å²) in [7, 11) is 4.07. The number of likely N-dealkylation sites (N-methyl/N-ethyl adjacent to an activating group) is 1. The lowest BCUT2D eigenvalue weighted by Crippen LogP contribution is -2.19. The maximum atomic E-state index is 6.33. The Morgan fingerprint density at radius 2 is 1.74 bits per heavy atom. The van der Waals surface area contributed by atoms with Gasteiger partial charge in [0.25, 0.3) is 0 Å². The first-order valence-corrected chi connectivity index (χ1v) is 11.5. The zero-order valence-electron chi connectivity index (χ0n) is 19.1. The standard InChI is InChI=1S/C28H25ClN4O/c1-32(2)17-18-34-23-13-11-20(12-14-23)26-24(9-6-15-30-26)28-27(21-7-5-8-22(29)19-21)31-25-10-3-4-16-33(25)28/h3-16,19H,17-18H2,1-2H3. The Bertz CT molecular complexity index is 1430. The number of aromatic nitrogens is 3. The molecule has 0 amide bonds. The van der Waals surface area contributed by atoms with Crippen LogP contribution in [0.1, 0.15) is 0 Å². The van der Waals surface area contributed by atoms with E-state index in [9.17, 15) is 0 Å². The molecule has 2 aromatic carbocycles. The van der Waals surface area contributed by atoms with Gasteiger partial charge in [0.2, 0.25) is 0 Å². The molecule has 5 nitrogen and oxygen atoms in total. The Morgan fingerprint density at radius 1 is 0.882 bits per heavy atom. The van der Waals surface area contributed by atoms with Crippen LogP contribution in [0.3, 0.4) is 0 Å². The van der Waals surface area contributed by atoms with Crippen molar-refractivity contribution in [1.82, 2.24) is 19.3 Å². The minimum atomic E-state index is 0.645. The maximum Gasteiger partial charge on any atom is 0.137 e. The number of halogens is 1. The van der Waals surface area contributed by atoms with Gasteiger partial charge in [-0.25, -0.2) is 4.98 Å². The molecular formula is C28H25ClN4O. The number of fused-ring (bicyclic) bond motifs is 1. The van der Waals surface area contributed by atoms with Crippen LogP contribution in [-0.4, -0.2) is 46.5 Å². The lowest BCUT2D eigenvalue weighted by molar-refractivity contribution is 0.261. The molecule has 0 N–H and O–H groups in total. The predicted octanol–water partition coefficient (Wildman–Crippen LogP) is 6.32. The Balaban J connectivity index is 1.60. The summed E-state index contributed by atoms with van der Waals surface area (Å²) in [5.41, 5.74) is 6.57. The second-order valence-electron chi connectivity index (χ2n) is 8.32. The van der Waals surface area contributed by atoms with Crippen LogP contribution in [0, 0.1) is 0 Å². The normalized spacial score (nSPS) is 11.3. The number of pyridine rings is 2. The van der Waals surface area contributed by atoms with Crippen molar-refractivity contribution in [2.45, 2.75) is 0 Å². The number of hydrogen-bond acceptors (Lipinski definition) is 4. The highest BCUT2D eigenvalue weighted by atomic mass is 35.5. The summed E-state index contributed by atoms with van der Waals surface area (Å²) in [6, 6.07) is 26.0. The smallest absolute Gasteiger partial charge is 0.137 e. The second-order valence-corrected chi connectivity index (χ2v) is 8.76. The van der Waals surface area contributed by atoms with Gasteiger partial charge >= 0.3 is 0 Å². The molecule has 0 aliphatic carbocycles. The van der Waals surface area contributed by atoms with E-state index < -0.39 is 0 Å². The van der Waals surface area contributed by atoms with E-state index in [1.54, 1.807) is 0 Å². The van der Waals surface area contributed by atoms with Crippen molar-refractivity contribution in [2.75, 3.05) is 27.2 Å². The lowest BCUT2D eigenvalue weighted by atomic mass is 9.99. The van der Waals surface area contributed by atoms with Crippen molar-refractivity contribution in [3.8, 4) is 39.5 Å². The largest absolute Gasteiger partial charge is 0.492 e. The highest BCUT2D eigenvalue weighted by Crippen LogP contribution is 2.38. The molecule has 0 spiro atoms. The van der Waals surface area contributed by atoms with E-state index in [0.29, 0.717) is 11.6 Å². The number of nitrogens with zero attached hydrogens (tertiary/aromatic N) is 4. The van der Waals surface area contributed by atoms with Crippen molar-refractivity contribution in [1.29, 1.82) is 0 Å². The quantitative estimate of drug-likeness (QED) is 0.280. The summed E-state index contributed by atoms with van der Waals surface area (Å²) >= 11 is 6.33. The topological polar surface area (TPSA) is 42.7 Å². The molecule has 0 saturated heterocycles. The van der Waals surface area contributed by atoms with E-state index >= 15 is 0 Å². The Hall–Kier alpha value is -3.67. The summed E-state index contributed by atoms with van der Waals surface area (Å²) in [5.74, 6) is 0.845. The van der Waals surface area contributed by atoms with Crippen LogP contribution in [0.5, 0.6) is 5.75 Å². The van der Waals surface area contributed by atoms with Gasteiger partial charge < -0.3 is 9.64 Å². The SMILES string of the molecule is CN(C)CCOc1ccc(-c2ncccc2-c2c(-c3cccc(Cl)c3)nc3ccccn23)cc1. The summed E-state index contributed by atoms with van der Waals surface area (Å²) in [4.78, 5) is 11.8. The van der Waals surface area contributed by atoms with Gasteiger partial charge in [-0.3, -0.25) is 9.38 Å². The molecule has 0 aliphatic rings. The van der Waals surface area contributed by atoms with Gasteiger partial charge in [-0.05, 0) is 74.8 Å². The molecule has 0 atom stereocenters. The van der Waals surface area contributed by atoms with Crippen molar-refractivity contribution in [2.24, 2.45) is 0 Å². The molecule has 3 aromatic heterocycles. The first-order chi connectivity index (χ1) is 16.6. The van der Waals surface area contributed by atoms with Gasteiger partial charge in [-0.15, -0.1) is 0 Å². The molecule has 5 rings (SSSR count). The highest BCUT2D eigenvalue weighted by molar-refractivity contribution is 6.30. The van der Waals surface area contributed by atoms with Crippen LogP contribution < -0.4 is 4.74 Å². The zero-order chi connectivity index (χ0) is 23.5. The van der Waals surface area contributed by atoms with Gasteiger partial charge in [-0.1, -0.05) is 29.8 Å². The molecule has 0 bridgehead atoms. The summed E-state index contributed by atoms with van der Waals surface area (Å²) in [6.07, 6.45) is 3.85. The van der Waals surface area contributed by atoms with E-state index in [0.717, 1.165) is 51.7 Å². The van der Waals surface area contributed by atoms with Gasteiger partial charge in [0, 0.05) is 40.7 Å². The Morgan fingerprint density at radius 3 is 2.53 bits per heavy atom. The zero-order valence-corrected chi connectivity index (χ0v) is 19.9. The minimum Gasteiger partial charge on any atom is -0.492 e. The molecular weight excluding hydrogens is 444 g/mol. The Labute approximate surface area is 204 Å². The molecule has 0 unspecified atom stereocenters. The third-order valence-corrected chi connectivity index (χ3v) is 5.86. The number of imidazole rings is 1. The molecule has 0 aliphatic heterocycles. The van der Waals surface area contributed by atoms with Crippen LogP contribution in [0.15, 0.2) is 91.3 Å². The predicted molar refractivity (Wildman–Crippen MR) is 138 cm³/mol. The molecule has 0 fully saturated rings. The van der Waals surface area contributed by atoms with Gasteiger partial charge in [-0.2, -0.15) is 0 Å². The van der Waals surface area contributed by atoms with E-state index in [1.807, 2.05) is 87.2 Å². The van der Waals surface area contributed by atoms with Crippen LogP contribution >= 0.6 is 11.6 Å². The van der Waals surface area contributed by atoms with E-state index in [4.69, 9.17) is 26.3 Å². The van der Waals surface area contributed by atoms with Crippen molar-refractivity contribution >= 4 is 17.2 Å². The molecule has 170 valence electrons. The number of ether oxygens (including phenoxy) is 1. The molecule has 34 heavy (non-hydrogen) atoms. The van der Waals surface area contributed by atoms with Gasteiger partial charge in [0.15, 0.2) is 0 Å². The van der Waals surface area contributed by atoms with Crippen LogP contribution in [0.4, 0.5) is 0 Å². The van der Waals surface area contributed by atoms with Crippen LogP contribution in [0.25, 0.3) is 39.4 Å². The van der Waals surface area contributed by atoms with E-state index in [-0.39, 0.29) is 0 Å². The lowest BCUT2D eigenvalue weighted by Gasteiger charge is -2.13. The van der Waals surface area contributed by atoms with Gasteiger partial charge in [0.1, 0.15) is 18.0 Å². The van der Waals surface area contributed by atoms with Crippen LogP contribution in [0.2, 0.25) is 5.02 Å². The third kappa shape index (κ3) is 4.53. The van der Waals surface area contributed by atoms with Crippen molar-refractivity contribution in [3.05, 3.63) is 96.3 Å². The fraction of sp³-hybridized carbons (Fsp3) is 0.143. The molecule has 0 saturated carbocycles. The average Bonchev–Trinajstić information content (AvgIpc) is 3.24. The average molecular weight is 469 g/mol. The fourth-order valence-corrected chi connectivity index (χ4v) is 4.16. The number of hydrogen-bond donors (Lipinski definition) is 0. The molecule has 0 radical (unpaired) electrons. The van der Waals surface area contributed by atoms with E-state index in [2.05, 4.69) is 27.5 Å². The Kier molecular flexibility index (Phi) is 6.30. The summed E-state index contributed by atoms with van der Waals surface area (Å²) in [6.45, 7) is 1.51. The first-order valence-electron chi connectivity index (χ1n) is 11.2. The van der Waals surface area contributed by atoms with E-state index in [1.165, 1.54) is 0 Å². The molecule has 6 heteroatoms. The van der Waals surface area contributed by atoms with Crippen molar-refractivity contribution in [3.63, 3.8) is 0 Å². The highest BCUT2D eigenvalue weighted by Gasteiger charge is 2.20. The van der Waals surface area contributed by atoms with Gasteiger partial charge in [0.05, 0.1) is 17.1 Å². The first kappa shape index (κ1) is 22.1. The second kappa shape index (κ2) is 9.67. The van der Waals surface area contributed by atoms with Crippen molar-refractivity contribution < 1.29 is 4.74 Å².